The number of ether oxygens (including phenoxy) is 2. The first kappa shape index (κ1) is 18.9. The monoisotopic (exact) mass is 354 g/mol. The zero-order chi connectivity index (χ0) is 17.4. The van der Waals surface area contributed by atoms with Crippen molar-refractivity contribution in [3.05, 3.63) is 22.7 Å². The fraction of sp³-hybridized carbons (Fsp3) is 0.611. The van der Waals surface area contributed by atoms with Gasteiger partial charge in [-0.25, -0.2) is 0 Å². The highest BCUT2D eigenvalue weighted by Gasteiger charge is 2.20. The van der Waals surface area contributed by atoms with E-state index in [-0.39, 0.29) is 11.9 Å². The first-order valence-electron chi connectivity index (χ1n) is 8.76. The Kier molecular flexibility index (Phi) is 7.66. The van der Waals surface area contributed by atoms with Crippen molar-refractivity contribution >= 4 is 17.5 Å². The molecule has 24 heavy (non-hydrogen) atoms. The van der Waals surface area contributed by atoms with Crippen LogP contribution in [0.2, 0.25) is 5.02 Å². The lowest BCUT2D eigenvalue weighted by Gasteiger charge is -2.24. The van der Waals surface area contributed by atoms with E-state index in [1.54, 1.807) is 12.1 Å². The largest absolute Gasteiger partial charge is 0.490 e. The van der Waals surface area contributed by atoms with Gasteiger partial charge in [0.2, 0.25) is 0 Å². The summed E-state index contributed by atoms with van der Waals surface area (Å²) in [5.41, 5.74) is 0.497. The molecule has 1 aliphatic rings. The molecule has 1 aromatic rings. The maximum atomic E-state index is 12.5. The molecule has 1 atom stereocenters. The van der Waals surface area contributed by atoms with Crippen LogP contribution >= 0.6 is 11.6 Å². The van der Waals surface area contributed by atoms with Crippen molar-refractivity contribution in [2.24, 2.45) is 0 Å². The van der Waals surface area contributed by atoms with Gasteiger partial charge < -0.3 is 20.1 Å². The van der Waals surface area contributed by atoms with Crippen LogP contribution in [0.4, 0.5) is 0 Å². The zero-order valence-corrected chi connectivity index (χ0v) is 15.2. The van der Waals surface area contributed by atoms with E-state index in [2.05, 4.69) is 17.6 Å². The molecule has 0 bridgehead atoms. The van der Waals surface area contributed by atoms with Crippen molar-refractivity contribution in [2.75, 3.05) is 26.3 Å². The van der Waals surface area contributed by atoms with Gasteiger partial charge in [0.15, 0.2) is 11.5 Å². The normalized spacial score (nSPS) is 17.4. The van der Waals surface area contributed by atoms with Crippen LogP contribution in [0.1, 0.15) is 49.9 Å². The lowest BCUT2D eigenvalue weighted by atomic mass is 10.1. The van der Waals surface area contributed by atoms with E-state index in [1.165, 1.54) is 0 Å². The second kappa shape index (κ2) is 9.74. The summed E-state index contributed by atoms with van der Waals surface area (Å²) < 4.78 is 11.4. The van der Waals surface area contributed by atoms with Crippen LogP contribution in [-0.4, -0.2) is 38.3 Å². The van der Waals surface area contributed by atoms with E-state index in [9.17, 15) is 4.79 Å². The minimum absolute atomic E-state index is 0.133. The molecule has 0 aromatic heterocycles. The SMILES string of the molecule is CCCCOc1c(Cl)cc(C(=O)NC2CCCNC2)cc1OCC. The maximum Gasteiger partial charge on any atom is 0.251 e. The number of benzene rings is 1. The Labute approximate surface area is 149 Å². The molecule has 1 aliphatic heterocycles. The number of piperidine rings is 1. The number of carbonyl (C=O) groups excluding carboxylic acids is 1. The molecule has 0 spiro atoms. The van der Waals surface area contributed by atoms with E-state index in [4.69, 9.17) is 21.1 Å². The molecule has 1 amide bonds. The van der Waals surface area contributed by atoms with E-state index in [1.807, 2.05) is 6.92 Å². The Hall–Kier alpha value is -1.46. The van der Waals surface area contributed by atoms with Gasteiger partial charge in [0.05, 0.1) is 18.2 Å². The lowest BCUT2D eigenvalue weighted by molar-refractivity contribution is 0.0930. The van der Waals surface area contributed by atoms with Crippen molar-refractivity contribution in [3.8, 4) is 11.5 Å². The molecule has 1 fully saturated rings. The second-order valence-electron chi connectivity index (χ2n) is 5.94. The summed E-state index contributed by atoms with van der Waals surface area (Å²) in [5, 5.41) is 6.74. The quantitative estimate of drug-likeness (QED) is 0.702. The van der Waals surface area contributed by atoms with Crippen LogP contribution in [0.3, 0.4) is 0 Å². The maximum absolute atomic E-state index is 12.5. The molecule has 5 nitrogen and oxygen atoms in total. The number of carbonyl (C=O) groups is 1. The van der Waals surface area contributed by atoms with Gasteiger partial charge in [0, 0.05) is 18.2 Å². The summed E-state index contributed by atoms with van der Waals surface area (Å²) >= 11 is 6.34. The highest BCUT2D eigenvalue weighted by Crippen LogP contribution is 2.37. The van der Waals surface area contributed by atoms with Gasteiger partial charge in [-0.05, 0) is 44.9 Å². The Bertz CT molecular complexity index is 545. The number of amides is 1. The molecule has 6 heteroatoms. The lowest BCUT2D eigenvalue weighted by Crippen LogP contribution is -2.45. The summed E-state index contributed by atoms with van der Waals surface area (Å²) in [6, 6.07) is 3.51. The average Bonchev–Trinajstić information content (AvgIpc) is 2.58. The molecule has 2 N–H and O–H groups in total. The molecule has 0 radical (unpaired) electrons. The van der Waals surface area contributed by atoms with Crippen molar-refractivity contribution in [1.82, 2.24) is 10.6 Å². The van der Waals surface area contributed by atoms with Crippen LogP contribution in [-0.2, 0) is 0 Å². The van der Waals surface area contributed by atoms with Gasteiger partial charge in [-0.3, -0.25) is 4.79 Å². The third kappa shape index (κ3) is 5.28. The summed E-state index contributed by atoms with van der Waals surface area (Å²) in [7, 11) is 0. The van der Waals surface area contributed by atoms with Crippen LogP contribution in [0.25, 0.3) is 0 Å². The Balaban J connectivity index is 2.12. The third-order valence-corrected chi connectivity index (χ3v) is 4.23. The highest BCUT2D eigenvalue weighted by molar-refractivity contribution is 6.32. The van der Waals surface area contributed by atoms with Crippen LogP contribution < -0.4 is 20.1 Å². The van der Waals surface area contributed by atoms with Gasteiger partial charge in [0.1, 0.15) is 0 Å². The smallest absolute Gasteiger partial charge is 0.251 e. The van der Waals surface area contributed by atoms with E-state index >= 15 is 0 Å². The fourth-order valence-electron chi connectivity index (χ4n) is 2.66. The van der Waals surface area contributed by atoms with Crippen LogP contribution in [0.5, 0.6) is 11.5 Å². The van der Waals surface area contributed by atoms with E-state index in [0.717, 1.165) is 38.8 Å². The standard InChI is InChI=1S/C18H27ClN2O3/c1-3-5-9-24-17-15(19)10-13(11-16(17)23-4-2)18(22)21-14-7-6-8-20-12-14/h10-11,14,20H,3-9,12H2,1-2H3,(H,21,22). The number of hydrogen-bond donors (Lipinski definition) is 2. The minimum atomic E-state index is -0.133. The third-order valence-electron chi connectivity index (χ3n) is 3.95. The number of nitrogens with one attached hydrogen (secondary N) is 2. The van der Waals surface area contributed by atoms with Crippen molar-refractivity contribution in [3.63, 3.8) is 0 Å². The minimum Gasteiger partial charge on any atom is -0.490 e. The Morgan fingerprint density at radius 2 is 2.21 bits per heavy atom. The first-order chi connectivity index (χ1) is 11.7. The number of hydrogen-bond acceptors (Lipinski definition) is 4. The molecule has 2 rings (SSSR count). The van der Waals surface area contributed by atoms with Gasteiger partial charge in [-0.1, -0.05) is 24.9 Å². The van der Waals surface area contributed by atoms with Gasteiger partial charge in [-0.15, -0.1) is 0 Å². The molecule has 134 valence electrons. The molecule has 0 saturated carbocycles. The fourth-order valence-corrected chi connectivity index (χ4v) is 2.93. The second-order valence-corrected chi connectivity index (χ2v) is 6.34. The van der Waals surface area contributed by atoms with Crippen molar-refractivity contribution in [1.29, 1.82) is 0 Å². The Morgan fingerprint density at radius 1 is 1.38 bits per heavy atom. The predicted octanol–water partition coefficient (Wildman–Crippen LogP) is 3.40. The molecule has 1 aromatic carbocycles. The zero-order valence-electron chi connectivity index (χ0n) is 14.5. The first-order valence-corrected chi connectivity index (χ1v) is 9.14. The average molecular weight is 355 g/mol. The molecular weight excluding hydrogens is 328 g/mol. The van der Waals surface area contributed by atoms with Gasteiger partial charge in [0.25, 0.3) is 5.91 Å². The molecule has 1 unspecified atom stereocenters. The van der Waals surface area contributed by atoms with Crippen molar-refractivity contribution in [2.45, 2.75) is 45.6 Å². The highest BCUT2D eigenvalue weighted by atomic mass is 35.5. The van der Waals surface area contributed by atoms with Gasteiger partial charge in [-0.2, -0.15) is 0 Å². The van der Waals surface area contributed by atoms with Crippen LogP contribution in [0, 0.1) is 0 Å². The number of unbranched alkanes of at least 4 members (excludes halogenated alkanes) is 1. The summed E-state index contributed by atoms with van der Waals surface area (Å²) in [5.74, 6) is 0.905. The summed E-state index contributed by atoms with van der Waals surface area (Å²) in [6.45, 7) is 6.87. The Morgan fingerprint density at radius 3 is 2.88 bits per heavy atom. The summed E-state index contributed by atoms with van der Waals surface area (Å²) in [4.78, 5) is 12.5. The molecule has 1 heterocycles. The van der Waals surface area contributed by atoms with Crippen molar-refractivity contribution < 1.29 is 14.3 Å². The topological polar surface area (TPSA) is 59.6 Å². The van der Waals surface area contributed by atoms with Crippen LogP contribution in [0.15, 0.2) is 12.1 Å². The molecule has 1 saturated heterocycles. The van der Waals surface area contributed by atoms with E-state index < -0.39 is 0 Å². The predicted molar refractivity (Wildman–Crippen MR) is 96.4 cm³/mol. The number of rotatable bonds is 8. The number of halogens is 1. The molecular formula is C18H27ClN2O3. The summed E-state index contributed by atoms with van der Waals surface area (Å²) in [6.07, 6.45) is 4.04. The van der Waals surface area contributed by atoms with E-state index in [0.29, 0.717) is 35.3 Å². The van der Waals surface area contributed by atoms with Gasteiger partial charge >= 0.3 is 0 Å². The molecule has 0 aliphatic carbocycles.